The highest BCUT2D eigenvalue weighted by Gasteiger charge is 2.29. The van der Waals surface area contributed by atoms with Crippen LogP contribution in [0.1, 0.15) is 16.9 Å². The van der Waals surface area contributed by atoms with Gasteiger partial charge < -0.3 is 25.3 Å². The number of hydrogen-bond donors (Lipinski definition) is 3. The van der Waals surface area contributed by atoms with Crippen LogP contribution in [0, 0.1) is 0 Å². The molecule has 0 bridgehead atoms. The van der Waals surface area contributed by atoms with E-state index in [0.717, 1.165) is 17.5 Å². The number of para-hydroxylation sites is 2. The SMILES string of the molecule is O=C(CC1Oc2ccccc2NC1=O)Nc1cccc(NC(=O)c2cnc3n2CCS3)c1. The number of imidazole rings is 1. The van der Waals surface area contributed by atoms with E-state index in [9.17, 15) is 14.4 Å². The molecule has 1 aromatic heterocycles. The molecule has 0 spiro atoms. The fourth-order valence-corrected chi connectivity index (χ4v) is 4.51. The van der Waals surface area contributed by atoms with Crippen LogP contribution in [0.3, 0.4) is 0 Å². The zero-order valence-electron chi connectivity index (χ0n) is 16.8. The number of carbonyl (C=O) groups is 3. The molecule has 10 heteroatoms. The number of thioether (sulfide) groups is 1. The third-order valence-corrected chi connectivity index (χ3v) is 6.05. The molecule has 1 unspecified atom stereocenters. The van der Waals surface area contributed by atoms with Gasteiger partial charge in [-0.3, -0.25) is 14.4 Å². The lowest BCUT2D eigenvalue weighted by atomic mass is 10.1. The highest BCUT2D eigenvalue weighted by molar-refractivity contribution is 7.99. The smallest absolute Gasteiger partial charge is 0.273 e. The van der Waals surface area contributed by atoms with Crippen LogP contribution in [0.4, 0.5) is 17.1 Å². The van der Waals surface area contributed by atoms with E-state index in [1.54, 1.807) is 66.5 Å². The Kier molecular flexibility index (Phi) is 5.28. The number of anilines is 3. The zero-order valence-corrected chi connectivity index (χ0v) is 17.6. The summed E-state index contributed by atoms with van der Waals surface area (Å²) in [7, 11) is 0. The summed E-state index contributed by atoms with van der Waals surface area (Å²) in [6.45, 7) is 0.750. The van der Waals surface area contributed by atoms with Crippen molar-refractivity contribution >= 4 is 46.5 Å². The molecule has 0 saturated carbocycles. The van der Waals surface area contributed by atoms with Crippen LogP contribution in [0.2, 0.25) is 0 Å². The summed E-state index contributed by atoms with van der Waals surface area (Å²) in [6.07, 6.45) is 0.501. The third-order valence-electron chi connectivity index (χ3n) is 5.08. The topological polar surface area (TPSA) is 114 Å². The summed E-state index contributed by atoms with van der Waals surface area (Å²) in [5.74, 6) is 0.421. The molecule has 0 saturated heterocycles. The summed E-state index contributed by atoms with van der Waals surface area (Å²) in [6, 6.07) is 13.9. The van der Waals surface area contributed by atoms with E-state index in [1.165, 1.54) is 0 Å². The van der Waals surface area contributed by atoms with Crippen molar-refractivity contribution < 1.29 is 19.1 Å². The molecule has 2 aliphatic heterocycles. The Balaban J connectivity index is 1.22. The third kappa shape index (κ3) is 4.04. The number of carbonyl (C=O) groups excluding carboxylic acids is 3. The first-order valence-corrected chi connectivity index (χ1v) is 11.0. The predicted molar refractivity (Wildman–Crippen MR) is 120 cm³/mol. The second kappa shape index (κ2) is 8.39. The van der Waals surface area contributed by atoms with Gasteiger partial charge in [0.25, 0.3) is 11.8 Å². The number of aromatic nitrogens is 2. The number of benzene rings is 2. The normalized spacial score (nSPS) is 16.4. The van der Waals surface area contributed by atoms with E-state index in [2.05, 4.69) is 20.9 Å². The number of fused-ring (bicyclic) bond motifs is 2. The van der Waals surface area contributed by atoms with Gasteiger partial charge in [-0.2, -0.15) is 0 Å². The number of hydrogen-bond acceptors (Lipinski definition) is 6. The van der Waals surface area contributed by atoms with Crippen LogP contribution < -0.4 is 20.7 Å². The molecule has 32 heavy (non-hydrogen) atoms. The van der Waals surface area contributed by atoms with E-state index in [0.29, 0.717) is 28.5 Å². The molecule has 3 aromatic rings. The van der Waals surface area contributed by atoms with Crippen molar-refractivity contribution in [1.29, 1.82) is 0 Å². The average molecular weight is 449 g/mol. The maximum atomic E-state index is 12.6. The van der Waals surface area contributed by atoms with Crippen molar-refractivity contribution in [1.82, 2.24) is 9.55 Å². The molecule has 2 aliphatic rings. The lowest BCUT2D eigenvalue weighted by Gasteiger charge is -2.25. The van der Waals surface area contributed by atoms with Gasteiger partial charge in [0.1, 0.15) is 11.4 Å². The minimum absolute atomic E-state index is 0.142. The van der Waals surface area contributed by atoms with Crippen LogP contribution in [0.25, 0.3) is 0 Å². The Bertz CT molecular complexity index is 1220. The van der Waals surface area contributed by atoms with Gasteiger partial charge in [-0.25, -0.2) is 4.98 Å². The zero-order chi connectivity index (χ0) is 22.1. The summed E-state index contributed by atoms with van der Waals surface area (Å²) >= 11 is 1.62. The van der Waals surface area contributed by atoms with Gasteiger partial charge in [0, 0.05) is 23.7 Å². The van der Waals surface area contributed by atoms with Gasteiger partial charge in [0.15, 0.2) is 11.3 Å². The predicted octanol–water partition coefficient (Wildman–Crippen LogP) is 2.97. The van der Waals surface area contributed by atoms with E-state index < -0.39 is 6.10 Å². The lowest BCUT2D eigenvalue weighted by Crippen LogP contribution is -2.39. The van der Waals surface area contributed by atoms with E-state index >= 15 is 0 Å². The molecular weight excluding hydrogens is 430 g/mol. The summed E-state index contributed by atoms with van der Waals surface area (Å²) < 4.78 is 7.55. The molecule has 3 N–H and O–H groups in total. The van der Waals surface area contributed by atoms with E-state index in [-0.39, 0.29) is 24.1 Å². The summed E-state index contributed by atoms with van der Waals surface area (Å²) in [5, 5.41) is 9.17. The molecule has 0 fully saturated rings. The first kappa shape index (κ1) is 20.1. The van der Waals surface area contributed by atoms with Crippen molar-refractivity contribution in [2.45, 2.75) is 24.2 Å². The van der Waals surface area contributed by atoms with Crippen LogP contribution in [-0.4, -0.2) is 39.1 Å². The standard InChI is InChI=1S/C22H19N5O4S/c28-19(11-18-21(30)26-15-6-1-2-7-17(15)31-18)24-13-4-3-5-14(10-13)25-20(29)16-12-23-22-27(16)8-9-32-22/h1-7,10,12,18H,8-9,11H2,(H,24,28)(H,25,29)(H,26,30). The van der Waals surface area contributed by atoms with Crippen LogP contribution >= 0.6 is 11.8 Å². The molecule has 3 heterocycles. The Morgan fingerprint density at radius 1 is 1.16 bits per heavy atom. The maximum absolute atomic E-state index is 12.6. The van der Waals surface area contributed by atoms with E-state index in [1.807, 2.05) is 4.57 Å². The van der Waals surface area contributed by atoms with Crippen LogP contribution in [0.5, 0.6) is 5.75 Å². The molecular formula is C22H19N5O4S. The first-order valence-electron chi connectivity index (χ1n) is 10.0. The Morgan fingerprint density at radius 2 is 1.97 bits per heavy atom. The number of rotatable bonds is 5. The molecule has 1 atom stereocenters. The van der Waals surface area contributed by atoms with Gasteiger partial charge in [-0.15, -0.1) is 0 Å². The van der Waals surface area contributed by atoms with Gasteiger partial charge >= 0.3 is 0 Å². The molecule has 0 aliphatic carbocycles. The molecule has 3 amide bonds. The second-order valence-corrected chi connectivity index (χ2v) is 8.37. The maximum Gasteiger partial charge on any atom is 0.273 e. The largest absolute Gasteiger partial charge is 0.478 e. The average Bonchev–Trinajstić information content (AvgIpc) is 3.38. The monoisotopic (exact) mass is 449 g/mol. The molecule has 5 rings (SSSR count). The fourth-order valence-electron chi connectivity index (χ4n) is 3.58. The minimum Gasteiger partial charge on any atom is -0.478 e. The van der Waals surface area contributed by atoms with Crippen LogP contribution in [0.15, 0.2) is 59.9 Å². The first-order chi connectivity index (χ1) is 15.6. The second-order valence-electron chi connectivity index (χ2n) is 7.31. The number of ether oxygens (including phenoxy) is 1. The quantitative estimate of drug-likeness (QED) is 0.552. The fraction of sp³-hybridized carbons (Fsp3) is 0.182. The van der Waals surface area contributed by atoms with Gasteiger partial charge in [-0.1, -0.05) is 30.0 Å². The minimum atomic E-state index is -0.922. The Hall–Kier alpha value is -3.79. The number of amides is 3. The summed E-state index contributed by atoms with van der Waals surface area (Å²) in [5.41, 5.74) is 2.12. The van der Waals surface area contributed by atoms with Crippen molar-refractivity contribution in [3.63, 3.8) is 0 Å². The Morgan fingerprint density at radius 3 is 2.84 bits per heavy atom. The van der Waals surface area contributed by atoms with Crippen molar-refractivity contribution in [2.24, 2.45) is 0 Å². The van der Waals surface area contributed by atoms with Gasteiger partial charge in [0.05, 0.1) is 18.3 Å². The number of nitrogens with zero attached hydrogens (tertiary/aromatic N) is 2. The van der Waals surface area contributed by atoms with Crippen molar-refractivity contribution in [2.75, 3.05) is 21.7 Å². The summed E-state index contributed by atoms with van der Waals surface area (Å²) in [4.78, 5) is 41.6. The lowest BCUT2D eigenvalue weighted by molar-refractivity contribution is -0.128. The van der Waals surface area contributed by atoms with Crippen molar-refractivity contribution in [3.05, 3.63) is 60.4 Å². The molecule has 162 valence electrons. The Labute approximate surface area is 187 Å². The van der Waals surface area contributed by atoms with Gasteiger partial charge in [0.2, 0.25) is 5.91 Å². The van der Waals surface area contributed by atoms with E-state index in [4.69, 9.17) is 4.74 Å². The molecule has 2 aromatic carbocycles. The van der Waals surface area contributed by atoms with Crippen molar-refractivity contribution in [3.8, 4) is 5.75 Å². The highest BCUT2D eigenvalue weighted by atomic mass is 32.2. The van der Waals surface area contributed by atoms with Gasteiger partial charge in [-0.05, 0) is 30.3 Å². The molecule has 0 radical (unpaired) electrons. The van der Waals surface area contributed by atoms with Crippen LogP contribution in [-0.2, 0) is 16.1 Å². The molecule has 9 nitrogen and oxygen atoms in total. The highest BCUT2D eigenvalue weighted by Crippen LogP contribution is 2.30. The number of nitrogens with one attached hydrogen (secondary N) is 3.